The molecule has 0 aliphatic rings. The number of imidazole rings is 1. The van der Waals surface area contributed by atoms with Gasteiger partial charge in [0.2, 0.25) is 0 Å². The Labute approximate surface area is 138 Å². The van der Waals surface area contributed by atoms with Gasteiger partial charge in [0.25, 0.3) is 5.91 Å². The van der Waals surface area contributed by atoms with Gasteiger partial charge in [-0.1, -0.05) is 29.8 Å². The number of hydrogen-bond acceptors (Lipinski definition) is 3. The number of hydrogen-bond donors (Lipinski definition) is 2. The van der Waals surface area contributed by atoms with Crippen LogP contribution in [0.15, 0.2) is 48.8 Å². The number of nitrogens with one attached hydrogen (secondary N) is 1. The molecule has 0 radical (unpaired) electrons. The number of fused-ring (bicyclic) bond motifs is 1. The fraction of sp³-hybridized carbons (Fsp3) is 0.176. The molecule has 1 atom stereocenters. The Hall–Kier alpha value is -2.37. The quantitative estimate of drug-likeness (QED) is 0.773. The van der Waals surface area contributed by atoms with Crippen molar-refractivity contribution in [2.45, 2.75) is 13.0 Å². The van der Waals surface area contributed by atoms with Crippen molar-refractivity contribution in [3.05, 3.63) is 70.6 Å². The van der Waals surface area contributed by atoms with E-state index in [2.05, 4.69) is 10.3 Å². The van der Waals surface area contributed by atoms with Crippen molar-refractivity contribution in [1.82, 2.24) is 14.7 Å². The summed E-state index contributed by atoms with van der Waals surface area (Å²) in [6.07, 6.45) is 2.59. The van der Waals surface area contributed by atoms with Gasteiger partial charge in [0.15, 0.2) is 0 Å². The fourth-order valence-corrected chi connectivity index (χ4v) is 2.46. The molecule has 2 N–H and O–H groups in total. The minimum absolute atomic E-state index is 0.111. The van der Waals surface area contributed by atoms with Gasteiger partial charge in [-0.25, -0.2) is 4.98 Å². The molecular formula is C17H16ClN3O2. The van der Waals surface area contributed by atoms with E-state index in [1.54, 1.807) is 28.7 Å². The summed E-state index contributed by atoms with van der Waals surface area (Å²) in [5, 5.41) is 13.5. The molecule has 0 spiro atoms. The number of pyridine rings is 1. The first-order valence-corrected chi connectivity index (χ1v) is 7.58. The second-order valence-corrected chi connectivity index (χ2v) is 5.79. The Morgan fingerprint density at radius 2 is 2.04 bits per heavy atom. The normalized spacial score (nSPS) is 12.3. The Morgan fingerprint density at radius 3 is 2.78 bits per heavy atom. The molecule has 0 aliphatic heterocycles. The lowest BCUT2D eigenvalue weighted by molar-refractivity contribution is 0.0910. The Kier molecular flexibility index (Phi) is 4.32. The highest BCUT2D eigenvalue weighted by molar-refractivity contribution is 6.30. The number of halogens is 1. The van der Waals surface area contributed by atoms with Crippen LogP contribution in [0.4, 0.5) is 0 Å². The van der Waals surface area contributed by atoms with Crippen LogP contribution in [0, 0.1) is 6.92 Å². The maximum atomic E-state index is 12.3. The zero-order valence-corrected chi connectivity index (χ0v) is 13.3. The van der Waals surface area contributed by atoms with E-state index in [9.17, 15) is 9.90 Å². The Bertz CT molecular complexity index is 843. The number of aliphatic hydroxyl groups excluding tert-OH is 1. The lowest BCUT2D eigenvalue weighted by Crippen LogP contribution is -2.29. The molecule has 2 heterocycles. The largest absolute Gasteiger partial charge is 0.387 e. The summed E-state index contributed by atoms with van der Waals surface area (Å²) in [5.41, 5.74) is 2.88. The highest BCUT2D eigenvalue weighted by Crippen LogP contribution is 2.16. The van der Waals surface area contributed by atoms with Crippen LogP contribution in [-0.4, -0.2) is 26.9 Å². The Morgan fingerprint density at radius 1 is 1.30 bits per heavy atom. The first-order valence-electron chi connectivity index (χ1n) is 7.20. The third kappa shape index (κ3) is 3.36. The van der Waals surface area contributed by atoms with Gasteiger partial charge in [0, 0.05) is 17.8 Å². The van der Waals surface area contributed by atoms with E-state index in [-0.39, 0.29) is 12.5 Å². The van der Waals surface area contributed by atoms with Gasteiger partial charge in [-0.05, 0) is 36.2 Å². The molecule has 1 unspecified atom stereocenters. The van der Waals surface area contributed by atoms with Gasteiger partial charge < -0.3 is 10.4 Å². The van der Waals surface area contributed by atoms with E-state index in [0.717, 1.165) is 5.56 Å². The zero-order chi connectivity index (χ0) is 16.4. The van der Waals surface area contributed by atoms with Crippen molar-refractivity contribution >= 4 is 23.2 Å². The second-order valence-electron chi connectivity index (χ2n) is 5.36. The minimum Gasteiger partial charge on any atom is -0.387 e. The molecule has 0 saturated heterocycles. The summed E-state index contributed by atoms with van der Waals surface area (Å²) >= 11 is 5.82. The minimum atomic E-state index is -0.794. The molecule has 2 aromatic heterocycles. The van der Waals surface area contributed by atoms with E-state index in [0.29, 0.717) is 21.9 Å². The molecule has 6 heteroatoms. The van der Waals surface area contributed by atoms with Gasteiger partial charge in [-0.3, -0.25) is 9.20 Å². The molecule has 23 heavy (non-hydrogen) atoms. The lowest BCUT2D eigenvalue weighted by atomic mass is 10.1. The number of aromatic nitrogens is 2. The molecule has 3 aromatic rings. The molecule has 0 aliphatic carbocycles. The van der Waals surface area contributed by atoms with E-state index < -0.39 is 6.10 Å². The Balaban J connectivity index is 1.71. The number of rotatable bonds is 4. The van der Waals surface area contributed by atoms with E-state index in [4.69, 9.17) is 11.6 Å². The maximum Gasteiger partial charge on any atom is 0.270 e. The number of amides is 1. The number of carbonyl (C=O) groups is 1. The average molecular weight is 330 g/mol. The molecular weight excluding hydrogens is 314 g/mol. The first-order chi connectivity index (χ1) is 11.0. The molecule has 5 nitrogen and oxygen atoms in total. The molecule has 3 rings (SSSR count). The standard InChI is InChI=1S/C17H16ClN3O2/c1-11-2-7-16-19-8-14(21(16)10-11)17(23)20-9-15(22)12-3-5-13(18)6-4-12/h2-8,10,15,22H,9H2,1H3,(H,20,23). The highest BCUT2D eigenvalue weighted by atomic mass is 35.5. The first kappa shape index (κ1) is 15.5. The second kappa shape index (κ2) is 6.40. The third-order valence-electron chi connectivity index (χ3n) is 3.60. The molecule has 0 saturated carbocycles. The van der Waals surface area contributed by atoms with Crippen LogP contribution in [0.3, 0.4) is 0 Å². The number of aliphatic hydroxyl groups is 1. The SMILES string of the molecule is Cc1ccc2ncc(C(=O)NCC(O)c3ccc(Cl)cc3)n2c1. The van der Waals surface area contributed by atoms with Crippen LogP contribution in [0.1, 0.15) is 27.7 Å². The monoisotopic (exact) mass is 329 g/mol. The van der Waals surface area contributed by atoms with E-state index >= 15 is 0 Å². The van der Waals surface area contributed by atoms with Crippen molar-refractivity contribution in [1.29, 1.82) is 0 Å². The summed E-state index contributed by atoms with van der Waals surface area (Å²) in [4.78, 5) is 16.5. The molecule has 0 fully saturated rings. The number of nitrogens with zero attached hydrogens (tertiary/aromatic N) is 2. The van der Waals surface area contributed by atoms with Crippen LogP contribution in [0.25, 0.3) is 5.65 Å². The summed E-state index contributed by atoms with van der Waals surface area (Å²) in [6, 6.07) is 10.7. The van der Waals surface area contributed by atoms with E-state index in [1.165, 1.54) is 6.20 Å². The third-order valence-corrected chi connectivity index (χ3v) is 3.85. The van der Waals surface area contributed by atoms with Crippen molar-refractivity contribution in [2.24, 2.45) is 0 Å². The van der Waals surface area contributed by atoms with Gasteiger partial charge in [0.1, 0.15) is 11.3 Å². The van der Waals surface area contributed by atoms with Crippen LogP contribution in [0.2, 0.25) is 5.02 Å². The van der Waals surface area contributed by atoms with Crippen LogP contribution < -0.4 is 5.32 Å². The number of carbonyl (C=O) groups excluding carboxylic acids is 1. The highest BCUT2D eigenvalue weighted by Gasteiger charge is 2.14. The van der Waals surface area contributed by atoms with Gasteiger partial charge >= 0.3 is 0 Å². The van der Waals surface area contributed by atoms with Crippen LogP contribution in [0.5, 0.6) is 0 Å². The predicted molar refractivity (Wildman–Crippen MR) is 88.7 cm³/mol. The summed E-state index contributed by atoms with van der Waals surface area (Å²) in [7, 11) is 0. The fourth-order valence-electron chi connectivity index (χ4n) is 2.34. The maximum absolute atomic E-state index is 12.3. The van der Waals surface area contributed by atoms with Crippen molar-refractivity contribution in [3.8, 4) is 0 Å². The number of aryl methyl sites for hydroxylation is 1. The van der Waals surface area contributed by atoms with E-state index in [1.807, 2.05) is 25.3 Å². The molecule has 1 amide bonds. The summed E-state index contributed by atoms with van der Waals surface area (Å²) in [5.74, 6) is -0.281. The average Bonchev–Trinajstić information content (AvgIpc) is 2.96. The summed E-state index contributed by atoms with van der Waals surface area (Å²) in [6.45, 7) is 2.06. The van der Waals surface area contributed by atoms with Crippen LogP contribution >= 0.6 is 11.6 Å². The van der Waals surface area contributed by atoms with Crippen molar-refractivity contribution in [3.63, 3.8) is 0 Å². The van der Waals surface area contributed by atoms with Gasteiger partial charge in [-0.2, -0.15) is 0 Å². The van der Waals surface area contributed by atoms with Crippen LogP contribution in [-0.2, 0) is 0 Å². The molecule has 0 bridgehead atoms. The summed E-state index contributed by atoms with van der Waals surface area (Å²) < 4.78 is 1.74. The predicted octanol–water partition coefficient (Wildman–Crippen LogP) is 2.76. The number of benzene rings is 1. The van der Waals surface area contributed by atoms with Gasteiger partial charge in [0.05, 0.1) is 12.3 Å². The van der Waals surface area contributed by atoms with Crippen molar-refractivity contribution in [2.75, 3.05) is 6.54 Å². The topological polar surface area (TPSA) is 66.6 Å². The lowest BCUT2D eigenvalue weighted by Gasteiger charge is -2.12. The van der Waals surface area contributed by atoms with Gasteiger partial charge in [-0.15, -0.1) is 0 Å². The molecule has 1 aromatic carbocycles. The van der Waals surface area contributed by atoms with Crippen molar-refractivity contribution < 1.29 is 9.90 Å². The molecule has 118 valence electrons. The zero-order valence-electron chi connectivity index (χ0n) is 12.5. The smallest absolute Gasteiger partial charge is 0.270 e.